The van der Waals surface area contributed by atoms with E-state index < -0.39 is 74.2 Å². The number of rotatable bonds is 41. The maximum absolute atomic E-state index is 12.4. The van der Waals surface area contributed by atoms with E-state index in [4.69, 9.17) is 62.4 Å². The molecule has 0 aliphatic carbocycles. The second-order valence-corrected chi connectivity index (χ2v) is 12.4. The molecule has 1 unspecified atom stereocenters. The Morgan fingerprint density at radius 3 is 1.37 bits per heavy atom. The summed E-state index contributed by atoms with van der Waals surface area (Å²) in [7, 11) is 0. The minimum Gasteiger partial charge on any atom is -0.394 e. The summed E-state index contributed by atoms with van der Waals surface area (Å²) >= 11 is 0. The average molecular weight is 867 g/mol. The highest BCUT2D eigenvalue weighted by atomic mass is 16.7. The van der Waals surface area contributed by atoms with Crippen LogP contribution in [0.1, 0.15) is 0 Å². The normalized spacial score (nSPS) is 21.5. The third-order valence-electron chi connectivity index (χ3n) is 7.93. The summed E-state index contributed by atoms with van der Waals surface area (Å²) in [4.78, 5) is 15.0. The van der Waals surface area contributed by atoms with Gasteiger partial charge in [0.25, 0.3) is 5.91 Å². The molecule has 0 spiro atoms. The minimum atomic E-state index is -2.17. The van der Waals surface area contributed by atoms with Crippen LogP contribution in [0.5, 0.6) is 0 Å². The van der Waals surface area contributed by atoms with Gasteiger partial charge in [-0.2, -0.15) is 0 Å². The van der Waals surface area contributed by atoms with E-state index in [9.17, 15) is 45.6 Å². The highest BCUT2D eigenvalue weighted by molar-refractivity contribution is 5.81. The third-order valence-corrected chi connectivity index (χ3v) is 7.93. The van der Waals surface area contributed by atoms with Gasteiger partial charge in [-0.05, 0) is 5.53 Å². The fourth-order valence-corrected chi connectivity index (χ4v) is 4.75. The zero-order valence-electron chi connectivity index (χ0n) is 33.4. The van der Waals surface area contributed by atoms with Gasteiger partial charge >= 0.3 is 0 Å². The zero-order chi connectivity index (χ0) is 43.4. The van der Waals surface area contributed by atoms with E-state index in [0.29, 0.717) is 119 Å². The Morgan fingerprint density at radius 1 is 0.610 bits per heavy atom. The lowest BCUT2D eigenvalue weighted by Crippen LogP contribution is -2.62. The minimum absolute atomic E-state index is 0.0273. The van der Waals surface area contributed by atoms with Crippen molar-refractivity contribution in [2.24, 2.45) is 5.11 Å². The molecule has 1 aliphatic heterocycles. The fraction of sp³-hybridized carbons (Fsp3) is 0.971. The molecule has 9 atom stereocenters. The summed E-state index contributed by atoms with van der Waals surface area (Å²) in [6.45, 7) is 5.97. The van der Waals surface area contributed by atoms with E-state index >= 15 is 0 Å². The molecule has 25 heteroatoms. The van der Waals surface area contributed by atoms with Gasteiger partial charge in [0.1, 0.15) is 42.7 Å². The van der Waals surface area contributed by atoms with Crippen LogP contribution in [0, 0.1) is 0 Å². The molecule has 1 fully saturated rings. The Bertz CT molecular complexity index is 1040. The zero-order valence-corrected chi connectivity index (χ0v) is 33.4. The molecule has 0 aromatic carbocycles. The number of aliphatic hydroxyl groups is 8. The second-order valence-electron chi connectivity index (χ2n) is 12.4. The van der Waals surface area contributed by atoms with Crippen LogP contribution in [0.15, 0.2) is 5.11 Å². The van der Waals surface area contributed by atoms with Crippen molar-refractivity contribution in [1.82, 2.24) is 5.32 Å². The van der Waals surface area contributed by atoms with Crippen LogP contribution >= 0.6 is 0 Å². The van der Waals surface area contributed by atoms with Gasteiger partial charge in [0.05, 0.1) is 145 Å². The molecule has 0 saturated carbocycles. The Kier molecular flexibility index (Phi) is 35.2. The van der Waals surface area contributed by atoms with Crippen molar-refractivity contribution < 1.29 is 102 Å². The quantitative estimate of drug-likeness (QED) is 0.0120. The van der Waals surface area contributed by atoms with Crippen LogP contribution in [0.4, 0.5) is 0 Å². The molecule has 1 amide bonds. The number of hydrogen-bond donors (Lipinski definition) is 9. The average Bonchev–Trinajstić information content (AvgIpc) is 3.24. The third kappa shape index (κ3) is 26.8. The van der Waals surface area contributed by atoms with Crippen LogP contribution in [0.25, 0.3) is 10.4 Å². The van der Waals surface area contributed by atoms with Crippen molar-refractivity contribution in [2.45, 2.75) is 55.1 Å². The first-order valence-electron chi connectivity index (χ1n) is 19.4. The molecular formula is C34H66N4O21. The highest BCUT2D eigenvalue weighted by Crippen LogP contribution is 2.25. The Labute approximate surface area is 342 Å². The van der Waals surface area contributed by atoms with Crippen molar-refractivity contribution in [2.75, 3.05) is 158 Å². The standard InChI is InChI=1S/C34H66N4O21/c35-38-37-2-4-49-6-8-51-10-12-53-14-16-55-18-20-57-22-21-56-19-17-54-15-13-52-11-9-50-7-5-48-3-1-36-33(47)30(45)29(44)32(25(41)23-39)59-34-31(46)28(43)27(42)26(24-40)58-34/h25-32,34,39-46H,1-24H2,(H,36,47)/t25-,26-,27+,28+,29-,30-,31-,32?,34+/m1/s1. The van der Waals surface area contributed by atoms with E-state index in [1.165, 1.54) is 0 Å². The summed E-state index contributed by atoms with van der Waals surface area (Å²) < 4.78 is 64.4. The van der Waals surface area contributed by atoms with Crippen molar-refractivity contribution in [3.8, 4) is 0 Å². The van der Waals surface area contributed by atoms with Gasteiger partial charge in [-0.1, -0.05) is 5.11 Å². The largest absolute Gasteiger partial charge is 0.394 e. The number of carbonyl (C=O) groups excluding carboxylic acids is 1. The first-order valence-corrected chi connectivity index (χ1v) is 19.4. The summed E-state index contributed by atoms with van der Waals surface area (Å²) in [6, 6.07) is 0. The molecule has 59 heavy (non-hydrogen) atoms. The molecular weight excluding hydrogens is 800 g/mol. The predicted molar refractivity (Wildman–Crippen MR) is 199 cm³/mol. The number of nitrogens with one attached hydrogen (secondary N) is 1. The van der Waals surface area contributed by atoms with Gasteiger partial charge in [0.15, 0.2) is 12.4 Å². The lowest BCUT2D eigenvalue weighted by atomic mass is 9.98. The number of carbonyl (C=O) groups is 1. The van der Waals surface area contributed by atoms with Crippen molar-refractivity contribution >= 4 is 5.91 Å². The van der Waals surface area contributed by atoms with E-state index in [-0.39, 0.29) is 26.4 Å². The van der Waals surface area contributed by atoms with Crippen LogP contribution < -0.4 is 5.32 Å². The topological polar surface area (TPSA) is 350 Å². The smallest absolute Gasteiger partial charge is 0.251 e. The van der Waals surface area contributed by atoms with Gasteiger partial charge in [-0.15, -0.1) is 0 Å². The van der Waals surface area contributed by atoms with Crippen molar-refractivity contribution in [1.29, 1.82) is 0 Å². The molecule has 9 N–H and O–H groups in total. The van der Waals surface area contributed by atoms with Gasteiger partial charge in [0, 0.05) is 18.0 Å². The Hall–Kier alpha value is -2.02. The molecule has 1 heterocycles. The van der Waals surface area contributed by atoms with Gasteiger partial charge in [0.2, 0.25) is 0 Å². The predicted octanol–water partition coefficient (Wildman–Crippen LogP) is -5.16. The van der Waals surface area contributed by atoms with E-state index in [1.54, 1.807) is 0 Å². The summed E-state index contributed by atoms with van der Waals surface area (Å²) in [5.41, 5.74) is 8.15. The number of nitrogens with zero attached hydrogens (tertiary/aromatic N) is 3. The van der Waals surface area contributed by atoms with Crippen LogP contribution in [0.2, 0.25) is 0 Å². The first-order chi connectivity index (χ1) is 28.7. The van der Waals surface area contributed by atoms with Crippen molar-refractivity contribution in [3.05, 3.63) is 10.4 Å². The number of azide groups is 1. The monoisotopic (exact) mass is 866 g/mol. The van der Waals surface area contributed by atoms with Crippen molar-refractivity contribution in [3.63, 3.8) is 0 Å². The fourth-order valence-electron chi connectivity index (χ4n) is 4.75. The van der Waals surface area contributed by atoms with Crippen LogP contribution in [-0.2, 0) is 61.6 Å². The summed E-state index contributed by atoms with van der Waals surface area (Å²) in [5.74, 6) is -1.07. The van der Waals surface area contributed by atoms with Crippen LogP contribution in [0.3, 0.4) is 0 Å². The Morgan fingerprint density at radius 2 is 1.00 bits per heavy atom. The second kappa shape index (κ2) is 37.7. The Balaban J connectivity index is 1.91. The molecule has 348 valence electrons. The van der Waals surface area contributed by atoms with Gasteiger partial charge in [-0.3, -0.25) is 4.79 Å². The molecule has 1 rings (SSSR count). The molecule has 0 aromatic rings. The first kappa shape index (κ1) is 55.0. The van der Waals surface area contributed by atoms with E-state index in [2.05, 4.69) is 15.3 Å². The molecule has 0 radical (unpaired) electrons. The summed E-state index contributed by atoms with van der Waals surface area (Å²) in [6.07, 6.45) is -16.7. The van der Waals surface area contributed by atoms with E-state index in [0.717, 1.165) is 0 Å². The lowest BCUT2D eigenvalue weighted by Gasteiger charge is -2.42. The van der Waals surface area contributed by atoms with Crippen LogP contribution in [-0.4, -0.2) is 260 Å². The molecule has 0 aromatic heterocycles. The number of amides is 1. The summed E-state index contributed by atoms with van der Waals surface area (Å²) in [5, 5.41) is 85.4. The van der Waals surface area contributed by atoms with Gasteiger partial charge in [-0.25, -0.2) is 0 Å². The SMILES string of the molecule is [N-]=[N+]=NCCOCCOCCOCCOCCOCCOCCOCCOCCOCCOCCNC(=O)[C@H](O)[C@@H](O)C(O[C@@H]1O[C@H](CO)[C@H](O)[C@H](O)[C@H]1O)[C@H](O)CO. The lowest BCUT2D eigenvalue weighted by molar-refractivity contribution is -0.326. The molecule has 1 aliphatic rings. The number of aliphatic hydroxyl groups excluding tert-OH is 8. The van der Waals surface area contributed by atoms with Gasteiger partial charge < -0.3 is 103 Å². The number of hydrogen-bond acceptors (Lipinski definition) is 22. The van der Waals surface area contributed by atoms with E-state index in [1.807, 2.05) is 0 Å². The number of ether oxygens (including phenoxy) is 12. The maximum atomic E-state index is 12.4. The molecule has 1 saturated heterocycles. The molecule has 0 bridgehead atoms. The maximum Gasteiger partial charge on any atom is 0.251 e. The molecule has 25 nitrogen and oxygen atoms in total. The highest BCUT2D eigenvalue weighted by Gasteiger charge is 2.47.